The first-order chi connectivity index (χ1) is 12.6. The second-order valence-electron chi connectivity index (χ2n) is 6.73. The van der Waals surface area contributed by atoms with Gasteiger partial charge in [0.1, 0.15) is 0 Å². The maximum absolute atomic E-state index is 13.0. The molecule has 0 spiro atoms. The van der Waals surface area contributed by atoms with Crippen LogP contribution in [0.25, 0.3) is 10.9 Å². The molecular formula is C20H22N2O3S. The molecule has 0 bridgehead atoms. The number of fused-ring (bicyclic) bond motifs is 1. The smallest absolute Gasteiger partial charge is 0.268 e. The molecule has 1 aliphatic rings. The summed E-state index contributed by atoms with van der Waals surface area (Å²) in [5, 5.41) is 10.5. The molecule has 3 aromatic rings. The number of rotatable bonds is 5. The number of hydrogen-bond acceptors (Lipinski definition) is 4. The van der Waals surface area contributed by atoms with Crippen molar-refractivity contribution in [3.63, 3.8) is 0 Å². The fraction of sp³-hybridized carbons (Fsp3) is 0.300. The number of aliphatic hydroxyl groups is 1. The molecule has 1 fully saturated rings. The van der Waals surface area contributed by atoms with Crippen LogP contribution in [0.15, 0.2) is 65.7 Å². The van der Waals surface area contributed by atoms with E-state index in [9.17, 15) is 13.5 Å². The number of hydrogen-bond donors (Lipinski definition) is 1. The summed E-state index contributed by atoms with van der Waals surface area (Å²) in [7, 11) is -3.62. The van der Waals surface area contributed by atoms with Crippen LogP contribution in [0.2, 0.25) is 0 Å². The van der Waals surface area contributed by atoms with E-state index < -0.39 is 10.0 Å². The third-order valence-electron chi connectivity index (χ3n) is 5.17. The normalized spacial score (nSPS) is 18.6. The summed E-state index contributed by atoms with van der Waals surface area (Å²) in [4.78, 5) is 2.56. The van der Waals surface area contributed by atoms with E-state index >= 15 is 0 Å². The van der Waals surface area contributed by atoms with Gasteiger partial charge in [0.25, 0.3) is 10.0 Å². The van der Waals surface area contributed by atoms with Gasteiger partial charge >= 0.3 is 0 Å². The van der Waals surface area contributed by atoms with Gasteiger partial charge in [-0.2, -0.15) is 0 Å². The van der Waals surface area contributed by atoms with Crippen LogP contribution in [0, 0.1) is 0 Å². The molecule has 1 unspecified atom stereocenters. The first-order valence-corrected chi connectivity index (χ1v) is 10.3. The second-order valence-corrected chi connectivity index (χ2v) is 8.54. The molecule has 136 valence electrons. The zero-order valence-electron chi connectivity index (χ0n) is 14.5. The van der Waals surface area contributed by atoms with Crippen molar-refractivity contribution in [2.75, 3.05) is 13.2 Å². The second kappa shape index (κ2) is 6.87. The predicted octanol–water partition coefficient (Wildman–Crippen LogP) is 2.84. The molecule has 26 heavy (non-hydrogen) atoms. The molecule has 2 aromatic carbocycles. The zero-order chi connectivity index (χ0) is 18.1. The van der Waals surface area contributed by atoms with Crippen molar-refractivity contribution >= 4 is 20.9 Å². The Morgan fingerprint density at radius 3 is 2.62 bits per heavy atom. The summed E-state index contributed by atoms with van der Waals surface area (Å²) < 4.78 is 27.3. The van der Waals surface area contributed by atoms with Crippen molar-refractivity contribution in [3.05, 3.63) is 66.4 Å². The van der Waals surface area contributed by atoms with Crippen LogP contribution in [0.4, 0.5) is 0 Å². The van der Waals surface area contributed by atoms with E-state index in [2.05, 4.69) is 4.90 Å². The summed E-state index contributed by atoms with van der Waals surface area (Å²) >= 11 is 0. The molecule has 4 rings (SSSR count). The molecule has 1 aromatic heterocycles. The summed E-state index contributed by atoms with van der Waals surface area (Å²) in [5.41, 5.74) is 1.77. The van der Waals surface area contributed by atoms with Crippen LogP contribution in [0.1, 0.15) is 18.4 Å². The van der Waals surface area contributed by atoms with Gasteiger partial charge in [0.2, 0.25) is 0 Å². The Bertz CT molecular complexity index is 1010. The number of likely N-dealkylation sites (tertiary alicyclic amines) is 1. The van der Waals surface area contributed by atoms with E-state index in [1.54, 1.807) is 36.5 Å². The van der Waals surface area contributed by atoms with Gasteiger partial charge in [-0.05, 0) is 49.2 Å². The van der Waals surface area contributed by atoms with Gasteiger partial charge in [-0.1, -0.05) is 30.3 Å². The van der Waals surface area contributed by atoms with E-state index in [1.807, 2.05) is 24.3 Å². The lowest BCUT2D eigenvalue weighted by atomic mass is 10.1. The highest BCUT2D eigenvalue weighted by molar-refractivity contribution is 7.90. The molecule has 0 amide bonds. The van der Waals surface area contributed by atoms with Gasteiger partial charge in [0.15, 0.2) is 0 Å². The molecule has 1 aliphatic heterocycles. The lowest BCUT2D eigenvalue weighted by molar-refractivity contribution is 0.154. The summed E-state index contributed by atoms with van der Waals surface area (Å²) in [6.07, 6.45) is 3.73. The molecule has 1 saturated heterocycles. The molecule has 5 nitrogen and oxygen atoms in total. The minimum Gasteiger partial charge on any atom is -0.395 e. The first-order valence-electron chi connectivity index (χ1n) is 8.86. The molecule has 1 atom stereocenters. The average molecular weight is 370 g/mol. The van der Waals surface area contributed by atoms with E-state index in [0.29, 0.717) is 5.52 Å². The van der Waals surface area contributed by atoms with Crippen molar-refractivity contribution in [2.24, 2.45) is 0 Å². The van der Waals surface area contributed by atoms with Crippen molar-refractivity contribution in [2.45, 2.75) is 30.3 Å². The third kappa shape index (κ3) is 2.94. The quantitative estimate of drug-likeness (QED) is 0.750. The molecule has 0 radical (unpaired) electrons. The van der Waals surface area contributed by atoms with Crippen LogP contribution in [-0.4, -0.2) is 41.6 Å². The Kier molecular flexibility index (Phi) is 4.56. The van der Waals surface area contributed by atoms with E-state index in [1.165, 1.54) is 3.97 Å². The standard InChI is InChI=1S/C20H22N2O3S/c23-15-17-7-5-12-21(17)14-16-6-4-10-20-19(16)11-13-22(20)26(24,25)18-8-2-1-3-9-18/h1-4,6,8-11,13,17,23H,5,7,12,14-15H2. The van der Waals surface area contributed by atoms with Gasteiger partial charge in [0, 0.05) is 24.2 Å². The number of aliphatic hydroxyl groups excluding tert-OH is 1. The minimum atomic E-state index is -3.62. The fourth-order valence-corrected chi connectivity index (χ4v) is 5.16. The maximum Gasteiger partial charge on any atom is 0.268 e. The van der Waals surface area contributed by atoms with E-state index in [-0.39, 0.29) is 17.5 Å². The van der Waals surface area contributed by atoms with Gasteiger partial charge < -0.3 is 5.11 Å². The SMILES string of the molecule is O=S(=O)(c1ccccc1)n1ccc2c(CN3CCCC3CO)cccc21. The lowest BCUT2D eigenvalue weighted by Gasteiger charge is -2.23. The molecule has 0 aliphatic carbocycles. The molecule has 1 N–H and O–H groups in total. The highest BCUT2D eigenvalue weighted by atomic mass is 32.2. The van der Waals surface area contributed by atoms with Crippen LogP contribution < -0.4 is 0 Å². The molecule has 6 heteroatoms. The van der Waals surface area contributed by atoms with Crippen LogP contribution in [-0.2, 0) is 16.6 Å². The number of aromatic nitrogens is 1. The Morgan fingerprint density at radius 1 is 1.04 bits per heavy atom. The minimum absolute atomic E-state index is 0.166. The lowest BCUT2D eigenvalue weighted by Crippen LogP contribution is -2.31. The Balaban J connectivity index is 1.74. The van der Waals surface area contributed by atoms with Crippen molar-refractivity contribution in [1.29, 1.82) is 0 Å². The topological polar surface area (TPSA) is 62.5 Å². The van der Waals surface area contributed by atoms with Gasteiger partial charge in [-0.15, -0.1) is 0 Å². The van der Waals surface area contributed by atoms with Gasteiger partial charge in [-0.3, -0.25) is 4.90 Å². The third-order valence-corrected chi connectivity index (χ3v) is 6.87. The van der Waals surface area contributed by atoms with Gasteiger partial charge in [-0.25, -0.2) is 12.4 Å². The van der Waals surface area contributed by atoms with Crippen molar-refractivity contribution in [3.8, 4) is 0 Å². The number of nitrogens with zero attached hydrogens (tertiary/aromatic N) is 2. The number of benzene rings is 2. The monoisotopic (exact) mass is 370 g/mol. The highest BCUT2D eigenvalue weighted by Crippen LogP contribution is 2.27. The first kappa shape index (κ1) is 17.3. The van der Waals surface area contributed by atoms with Crippen LogP contribution in [0.3, 0.4) is 0 Å². The van der Waals surface area contributed by atoms with Crippen LogP contribution >= 0.6 is 0 Å². The largest absolute Gasteiger partial charge is 0.395 e. The van der Waals surface area contributed by atoms with Gasteiger partial charge in [0.05, 0.1) is 17.0 Å². The van der Waals surface area contributed by atoms with Crippen LogP contribution in [0.5, 0.6) is 0 Å². The van der Waals surface area contributed by atoms with Crippen molar-refractivity contribution < 1.29 is 13.5 Å². The Hall–Kier alpha value is -2.15. The zero-order valence-corrected chi connectivity index (χ0v) is 15.3. The maximum atomic E-state index is 13.0. The van der Waals surface area contributed by atoms with E-state index in [0.717, 1.165) is 36.9 Å². The summed E-state index contributed by atoms with van der Waals surface area (Å²) in [6.45, 7) is 1.85. The van der Waals surface area contributed by atoms with Crippen molar-refractivity contribution in [1.82, 2.24) is 8.87 Å². The van der Waals surface area contributed by atoms with E-state index in [4.69, 9.17) is 0 Å². The Labute approximate surface area is 153 Å². The Morgan fingerprint density at radius 2 is 1.85 bits per heavy atom. The average Bonchev–Trinajstić information content (AvgIpc) is 3.29. The predicted molar refractivity (Wildman–Crippen MR) is 101 cm³/mol. The fourth-order valence-electron chi connectivity index (χ4n) is 3.79. The molecule has 0 saturated carbocycles. The summed E-state index contributed by atoms with van der Waals surface area (Å²) in [6, 6.07) is 16.3. The molecule has 2 heterocycles. The highest BCUT2D eigenvalue weighted by Gasteiger charge is 2.25. The molecular weight excluding hydrogens is 348 g/mol. The summed E-state index contributed by atoms with van der Waals surface area (Å²) in [5.74, 6) is 0.